The molecule has 0 fully saturated rings. The van der Waals surface area contributed by atoms with Crippen LogP contribution in [0, 0.1) is 0 Å². The van der Waals surface area contributed by atoms with E-state index in [0.717, 1.165) is 23.1 Å². The highest BCUT2D eigenvalue weighted by molar-refractivity contribution is 7.09. The molecular formula is C8H11N5S. The highest BCUT2D eigenvalue weighted by atomic mass is 32.1. The highest BCUT2D eigenvalue weighted by Gasteiger charge is 2.09. The molecule has 0 atom stereocenters. The van der Waals surface area contributed by atoms with E-state index in [0.29, 0.717) is 6.54 Å². The smallest absolute Gasteiger partial charge is 0.177 e. The second-order valence-electron chi connectivity index (χ2n) is 2.73. The van der Waals surface area contributed by atoms with Crippen LogP contribution in [0.15, 0.2) is 11.7 Å². The van der Waals surface area contributed by atoms with Gasteiger partial charge >= 0.3 is 0 Å². The molecule has 0 spiro atoms. The monoisotopic (exact) mass is 209 g/mol. The largest absolute Gasteiger partial charge is 0.325 e. The van der Waals surface area contributed by atoms with Crippen LogP contribution in [-0.2, 0) is 13.1 Å². The Morgan fingerprint density at radius 1 is 1.57 bits per heavy atom. The Hall–Kier alpha value is -1.27. The molecule has 2 N–H and O–H groups in total. The minimum Gasteiger partial charge on any atom is -0.325 e. The molecule has 0 unspecified atom stereocenters. The van der Waals surface area contributed by atoms with Crippen LogP contribution >= 0.6 is 11.3 Å². The van der Waals surface area contributed by atoms with Crippen LogP contribution in [0.2, 0.25) is 0 Å². The minimum absolute atomic E-state index is 0.477. The molecule has 0 saturated carbocycles. The van der Waals surface area contributed by atoms with Gasteiger partial charge in [-0.3, -0.25) is 0 Å². The molecule has 0 bridgehead atoms. The third-order valence-electron chi connectivity index (χ3n) is 1.87. The van der Waals surface area contributed by atoms with Crippen molar-refractivity contribution in [2.75, 3.05) is 0 Å². The maximum atomic E-state index is 5.49. The van der Waals surface area contributed by atoms with E-state index in [4.69, 9.17) is 5.73 Å². The fourth-order valence-corrected chi connectivity index (χ4v) is 1.85. The molecule has 2 aromatic heterocycles. The lowest BCUT2D eigenvalue weighted by Crippen LogP contribution is -2.00. The Morgan fingerprint density at radius 2 is 2.43 bits per heavy atom. The Bertz CT molecular complexity index is 419. The van der Waals surface area contributed by atoms with Gasteiger partial charge in [-0.05, 0) is 6.92 Å². The van der Waals surface area contributed by atoms with E-state index in [9.17, 15) is 0 Å². The van der Waals surface area contributed by atoms with Gasteiger partial charge in [0.25, 0.3) is 0 Å². The summed E-state index contributed by atoms with van der Waals surface area (Å²) in [6, 6.07) is 0. The molecule has 14 heavy (non-hydrogen) atoms. The predicted molar refractivity (Wildman–Crippen MR) is 54.7 cm³/mol. The average Bonchev–Trinajstić information content (AvgIpc) is 2.85. The molecule has 2 rings (SSSR count). The van der Waals surface area contributed by atoms with Crippen molar-refractivity contribution in [3.63, 3.8) is 0 Å². The quantitative estimate of drug-likeness (QED) is 0.814. The fraction of sp³-hybridized carbons (Fsp3) is 0.375. The molecule has 0 aliphatic rings. The number of hydrogen-bond donors (Lipinski definition) is 1. The van der Waals surface area contributed by atoms with Gasteiger partial charge in [0.05, 0.1) is 0 Å². The molecule has 0 saturated heterocycles. The van der Waals surface area contributed by atoms with Crippen LogP contribution in [0.1, 0.15) is 11.9 Å². The van der Waals surface area contributed by atoms with E-state index >= 15 is 0 Å². The van der Waals surface area contributed by atoms with E-state index in [1.165, 1.54) is 0 Å². The second-order valence-corrected chi connectivity index (χ2v) is 3.67. The van der Waals surface area contributed by atoms with Crippen molar-refractivity contribution < 1.29 is 0 Å². The first-order valence-electron chi connectivity index (χ1n) is 4.37. The van der Waals surface area contributed by atoms with E-state index in [2.05, 4.69) is 15.1 Å². The van der Waals surface area contributed by atoms with Crippen molar-refractivity contribution in [2.45, 2.75) is 20.0 Å². The molecule has 0 aliphatic carbocycles. The first-order chi connectivity index (χ1) is 6.85. The first kappa shape index (κ1) is 9.29. The van der Waals surface area contributed by atoms with Crippen LogP contribution in [-0.4, -0.2) is 19.7 Å². The summed E-state index contributed by atoms with van der Waals surface area (Å²) in [5.74, 6) is 0.809. The molecule has 74 valence electrons. The van der Waals surface area contributed by atoms with Gasteiger partial charge in [-0.25, -0.2) is 14.6 Å². The van der Waals surface area contributed by atoms with Crippen molar-refractivity contribution >= 4 is 11.3 Å². The van der Waals surface area contributed by atoms with E-state index in [1.807, 2.05) is 17.0 Å². The Kier molecular flexibility index (Phi) is 2.55. The van der Waals surface area contributed by atoms with Gasteiger partial charge < -0.3 is 5.73 Å². The summed E-state index contributed by atoms with van der Waals surface area (Å²) in [5.41, 5.74) is 6.35. The second kappa shape index (κ2) is 3.85. The van der Waals surface area contributed by atoms with Crippen molar-refractivity contribution in [2.24, 2.45) is 5.73 Å². The molecule has 0 aromatic carbocycles. The molecule has 0 radical (unpaired) electrons. The van der Waals surface area contributed by atoms with E-state index < -0.39 is 0 Å². The molecule has 6 heteroatoms. The zero-order valence-electron chi connectivity index (χ0n) is 7.84. The van der Waals surface area contributed by atoms with Crippen LogP contribution in [0.3, 0.4) is 0 Å². The number of hydrogen-bond acceptors (Lipinski definition) is 5. The zero-order chi connectivity index (χ0) is 9.97. The van der Waals surface area contributed by atoms with Gasteiger partial charge in [0.2, 0.25) is 0 Å². The van der Waals surface area contributed by atoms with E-state index in [-0.39, 0.29) is 0 Å². The number of nitrogens with zero attached hydrogens (tertiary/aromatic N) is 4. The van der Waals surface area contributed by atoms with Crippen LogP contribution in [0.25, 0.3) is 11.5 Å². The van der Waals surface area contributed by atoms with E-state index in [1.54, 1.807) is 17.7 Å². The normalized spacial score (nSPS) is 10.7. The SMILES string of the molecule is CCn1ncnc1-c1csc(CN)n1. The molecule has 5 nitrogen and oxygen atoms in total. The lowest BCUT2D eigenvalue weighted by molar-refractivity contribution is 0.664. The van der Waals surface area contributed by atoms with Gasteiger partial charge in [0.15, 0.2) is 5.82 Å². The maximum Gasteiger partial charge on any atom is 0.177 e. The Morgan fingerprint density at radius 3 is 3.07 bits per heavy atom. The summed E-state index contributed by atoms with van der Waals surface area (Å²) in [6.07, 6.45) is 1.54. The van der Waals surface area contributed by atoms with Gasteiger partial charge in [0.1, 0.15) is 17.0 Å². The van der Waals surface area contributed by atoms with Crippen molar-refractivity contribution in [1.82, 2.24) is 19.7 Å². The van der Waals surface area contributed by atoms with Crippen LogP contribution < -0.4 is 5.73 Å². The summed E-state index contributed by atoms with van der Waals surface area (Å²) in [4.78, 5) is 8.51. The molecule has 0 aliphatic heterocycles. The number of aryl methyl sites for hydroxylation is 1. The molecule has 0 amide bonds. The number of nitrogens with two attached hydrogens (primary N) is 1. The van der Waals surface area contributed by atoms with Crippen molar-refractivity contribution in [1.29, 1.82) is 0 Å². The maximum absolute atomic E-state index is 5.49. The standard InChI is InChI=1S/C8H11N5S/c1-2-13-8(10-5-11-13)6-4-14-7(3-9)12-6/h4-5H,2-3,9H2,1H3. The summed E-state index contributed by atoms with van der Waals surface area (Å²) in [6.45, 7) is 3.30. The lowest BCUT2D eigenvalue weighted by Gasteiger charge is -1.97. The van der Waals surface area contributed by atoms with Gasteiger partial charge in [-0.1, -0.05) is 0 Å². The van der Waals surface area contributed by atoms with Gasteiger partial charge in [-0.15, -0.1) is 11.3 Å². The van der Waals surface area contributed by atoms with Gasteiger partial charge in [0, 0.05) is 18.5 Å². The predicted octanol–water partition coefficient (Wildman–Crippen LogP) is 0.880. The molecule has 2 aromatic rings. The average molecular weight is 209 g/mol. The third-order valence-corrected chi connectivity index (χ3v) is 2.74. The molecule has 2 heterocycles. The summed E-state index contributed by atoms with van der Waals surface area (Å²) in [5, 5.41) is 6.96. The number of thiazole rings is 1. The molecular weight excluding hydrogens is 198 g/mol. The summed E-state index contributed by atoms with van der Waals surface area (Å²) >= 11 is 1.55. The number of aromatic nitrogens is 4. The van der Waals surface area contributed by atoms with Crippen LogP contribution in [0.4, 0.5) is 0 Å². The first-order valence-corrected chi connectivity index (χ1v) is 5.25. The minimum atomic E-state index is 0.477. The van der Waals surface area contributed by atoms with Gasteiger partial charge in [-0.2, -0.15) is 5.10 Å². The lowest BCUT2D eigenvalue weighted by atomic mass is 10.4. The zero-order valence-corrected chi connectivity index (χ0v) is 8.66. The van der Waals surface area contributed by atoms with Crippen molar-refractivity contribution in [3.05, 3.63) is 16.7 Å². The Labute approximate surface area is 85.6 Å². The third kappa shape index (κ3) is 1.53. The summed E-state index contributed by atoms with van der Waals surface area (Å²) < 4.78 is 1.81. The van der Waals surface area contributed by atoms with Crippen molar-refractivity contribution in [3.8, 4) is 11.5 Å². The number of rotatable bonds is 3. The summed E-state index contributed by atoms with van der Waals surface area (Å²) in [7, 11) is 0. The highest BCUT2D eigenvalue weighted by Crippen LogP contribution is 2.18. The topological polar surface area (TPSA) is 69.6 Å². The fourth-order valence-electron chi connectivity index (χ4n) is 1.20. The van der Waals surface area contributed by atoms with Crippen LogP contribution in [0.5, 0.6) is 0 Å². The Balaban J connectivity index is 2.38.